The number of oxime groups is 1. The van der Waals surface area contributed by atoms with E-state index in [1.165, 1.54) is 6.92 Å². The van der Waals surface area contributed by atoms with Crippen LogP contribution in [0.2, 0.25) is 0 Å². The minimum atomic E-state index is -2.35. The summed E-state index contributed by atoms with van der Waals surface area (Å²) in [5, 5.41) is 232. The number of esters is 1. The van der Waals surface area contributed by atoms with Gasteiger partial charge in [0.1, 0.15) is 177 Å². The average Bonchev–Trinajstić information content (AvgIpc) is 1.33. The Labute approximate surface area is 562 Å². The van der Waals surface area contributed by atoms with Gasteiger partial charge in [0.25, 0.3) is 5.91 Å². The highest BCUT2D eigenvalue weighted by molar-refractivity contribution is 6.15. The topological polar surface area (TPSA) is 611 Å². The molecule has 21 N–H and O–H groups in total. The number of carbonyl (C=O) groups excluding carboxylic acids is 2. The number of benzene rings is 1. The lowest BCUT2D eigenvalue weighted by atomic mass is 9.85. The fourth-order valence-electron chi connectivity index (χ4n) is 13.1. The van der Waals surface area contributed by atoms with Gasteiger partial charge in [-0.1, -0.05) is 50.2 Å². The third-order valence-electron chi connectivity index (χ3n) is 18.8. The van der Waals surface area contributed by atoms with Crippen molar-refractivity contribution < 1.29 is 188 Å². The fourth-order valence-corrected chi connectivity index (χ4v) is 13.1. The van der Waals surface area contributed by atoms with E-state index in [1.54, 1.807) is 24.3 Å². The molecule has 0 saturated carbocycles. The summed E-state index contributed by atoms with van der Waals surface area (Å²) in [6.07, 6.45) is -74.9. The van der Waals surface area contributed by atoms with Crippen LogP contribution in [0, 0.1) is 5.92 Å². The SMILES string of the molecule is CCOC(=O)[C@H]1C(c2ccc(C(C)(C)C)cc2)=NO[C@@H]1C(=O)NC[C@H]1O[C@@H]2O[C@H]3[C@H](O)[C@H](O)[C@@H](O[C@H]4[C@H](O)[C@H](O)[C@@H](O[C@H]5[C@H](O)[C@@H](O)[C@@H](O[C@H]6[C@H](O)[C@@H](O)[C@@H](O[C@H]7[C@H](O)[C@@H](O)[C@@H](O[C@H]8[C@H](O)[C@@H](O)[C@@H](O[C@H]1[C@H](O)[C@H]2O)O[C@@H]8CO)O[C@@H]7CO)O[C@@H]6CO)O[C@@H]5CO)O[C@@H]4CO)O[C@@H]3CO. The van der Waals surface area contributed by atoms with Crippen LogP contribution in [0.5, 0.6) is 0 Å². The minimum Gasteiger partial charge on any atom is -0.465 e. The van der Waals surface area contributed by atoms with Gasteiger partial charge in [0.2, 0.25) is 6.10 Å². The normalized spacial score (nSPS) is 47.9. The molecule has 1 amide bonds. The summed E-state index contributed by atoms with van der Waals surface area (Å²) in [5.41, 5.74) is 1.02. The zero-order chi connectivity index (χ0) is 72.0. The number of aliphatic hydroxyl groups excluding tert-OH is 20. The van der Waals surface area contributed by atoms with E-state index in [4.69, 9.17) is 75.9 Å². The molecule has 564 valence electrons. The number of hydrogen-bond donors (Lipinski definition) is 21. The predicted molar refractivity (Wildman–Crippen MR) is 311 cm³/mol. The molecule has 0 aromatic heterocycles. The van der Waals surface area contributed by atoms with Crippen molar-refractivity contribution in [1.29, 1.82) is 0 Å². The van der Waals surface area contributed by atoms with Gasteiger partial charge in [0, 0.05) is 12.1 Å². The first-order valence-electron chi connectivity index (χ1n) is 32.2. The van der Waals surface area contributed by atoms with Gasteiger partial charge in [-0.3, -0.25) is 9.59 Å². The molecule has 23 rings (SSSR count). The van der Waals surface area contributed by atoms with Crippen LogP contribution in [0.4, 0.5) is 0 Å². The molecular formula is C59H90N2O38. The Kier molecular flexibility index (Phi) is 25.8. The van der Waals surface area contributed by atoms with Crippen molar-refractivity contribution in [3.8, 4) is 0 Å². The van der Waals surface area contributed by atoms with Crippen molar-refractivity contribution in [2.24, 2.45) is 11.1 Å². The zero-order valence-electron chi connectivity index (χ0n) is 53.6. The van der Waals surface area contributed by atoms with Gasteiger partial charge in [-0.25, -0.2) is 0 Å². The first-order valence-corrected chi connectivity index (χ1v) is 32.2. The molecule has 37 atom stereocenters. The highest BCUT2D eigenvalue weighted by atomic mass is 16.8. The van der Waals surface area contributed by atoms with E-state index in [9.17, 15) is 112 Å². The van der Waals surface area contributed by atoms with E-state index in [2.05, 4.69) is 10.5 Å². The molecule has 0 spiro atoms. The van der Waals surface area contributed by atoms with E-state index < -0.39 is 285 Å². The van der Waals surface area contributed by atoms with E-state index in [-0.39, 0.29) is 17.7 Å². The third kappa shape index (κ3) is 15.8. The molecule has 40 heteroatoms. The van der Waals surface area contributed by atoms with Crippen molar-refractivity contribution in [1.82, 2.24) is 5.32 Å². The van der Waals surface area contributed by atoms with Crippen LogP contribution >= 0.6 is 0 Å². The van der Waals surface area contributed by atoms with Crippen molar-refractivity contribution >= 4 is 17.6 Å². The summed E-state index contributed by atoms with van der Waals surface area (Å²) in [7, 11) is 0. The number of aliphatic hydroxyl groups is 20. The van der Waals surface area contributed by atoms with Crippen LogP contribution in [-0.2, 0) is 90.9 Å². The van der Waals surface area contributed by atoms with Crippen molar-refractivity contribution in [3.63, 3.8) is 0 Å². The largest absolute Gasteiger partial charge is 0.465 e. The summed E-state index contributed by atoms with van der Waals surface area (Å²) in [6.45, 7) is -0.120. The van der Waals surface area contributed by atoms with Crippen molar-refractivity contribution in [2.75, 3.05) is 52.8 Å². The molecule has 0 radical (unpaired) electrons. The molecule has 22 aliphatic heterocycles. The minimum absolute atomic E-state index is 0.00354. The molecule has 22 heterocycles. The molecule has 14 bridgehead atoms. The van der Waals surface area contributed by atoms with Gasteiger partial charge in [-0.2, -0.15) is 0 Å². The molecule has 21 fully saturated rings. The van der Waals surface area contributed by atoms with Crippen molar-refractivity contribution in [2.45, 2.75) is 254 Å². The van der Waals surface area contributed by atoms with Crippen LogP contribution in [0.1, 0.15) is 38.8 Å². The molecule has 0 unspecified atom stereocenters. The Bertz CT molecular complexity index is 2800. The van der Waals surface area contributed by atoms with Crippen molar-refractivity contribution in [3.05, 3.63) is 35.4 Å². The van der Waals surface area contributed by atoms with Crippen LogP contribution in [-0.4, -0.2) is 394 Å². The third-order valence-corrected chi connectivity index (χ3v) is 18.8. The quantitative estimate of drug-likeness (QED) is 0.0864. The van der Waals surface area contributed by atoms with Gasteiger partial charge in [-0.05, 0) is 17.9 Å². The molecule has 40 nitrogen and oxygen atoms in total. The summed E-state index contributed by atoms with van der Waals surface area (Å²) < 4.78 is 86.9. The smallest absolute Gasteiger partial charge is 0.319 e. The zero-order valence-corrected chi connectivity index (χ0v) is 53.6. The van der Waals surface area contributed by atoms with Crippen LogP contribution < -0.4 is 5.32 Å². The maximum Gasteiger partial charge on any atom is 0.319 e. The summed E-state index contributed by atoms with van der Waals surface area (Å²) in [6, 6.07) is 6.92. The number of nitrogens with one attached hydrogen (secondary N) is 1. The number of carbonyl (C=O) groups is 2. The maximum absolute atomic E-state index is 14.4. The van der Waals surface area contributed by atoms with Crippen LogP contribution in [0.15, 0.2) is 29.4 Å². The van der Waals surface area contributed by atoms with Crippen LogP contribution in [0.3, 0.4) is 0 Å². The van der Waals surface area contributed by atoms with Gasteiger partial charge in [0.15, 0.2) is 49.9 Å². The molecule has 21 saturated heterocycles. The number of hydrogen-bond acceptors (Lipinski definition) is 39. The fraction of sp³-hybridized carbons (Fsp3) is 0.847. The molecule has 0 aliphatic carbocycles. The second-order valence-corrected chi connectivity index (χ2v) is 26.3. The number of ether oxygens (including phenoxy) is 15. The predicted octanol–water partition coefficient (Wildman–Crippen LogP) is -12.8. The Balaban J connectivity index is 0.950. The standard InChI is InChI=1S/C59H90N2O38/c1-5-84-51(83)26-27(17-6-8-18(9-7-17)59(2,3)4)61-99-49(26)50(82)60-10-19-42-28(68)35(75)52(85-19)93-43-20(11-62)87-54(37(77)30(43)70)95-45-22(13-64)89-56(39(79)32(45)72)97-47-24(15-66)91-58(41(81)34(47)74)98-48-25(16-67)90-57(40(80)33(48)73)96-46-23(14-65)88-55(38(78)31(46)71)94-44-21(12-63)86-53(92-42)36(76)29(44)69/h6-9,19-26,28-49,52-58,62-81H,5,10-16H2,1-4H3,(H,60,82)/t19-,20-,21-,22-,23-,24-,25-,26+,28-,29-,30-,31-,32-,33-,34-,35-,36-,37+,38-,39+,40-,41-,42-,43-,44-,45-,46-,47-,48-,49+,52-,53-,54-,55-,56-,57-,58-/m1/s1. The molecule has 22 aliphatic rings. The van der Waals surface area contributed by atoms with E-state index in [1.807, 2.05) is 20.8 Å². The summed E-state index contributed by atoms with van der Waals surface area (Å²) >= 11 is 0. The number of amides is 1. The Morgan fingerprint density at radius 2 is 0.646 bits per heavy atom. The Morgan fingerprint density at radius 1 is 0.394 bits per heavy atom. The molecule has 99 heavy (non-hydrogen) atoms. The summed E-state index contributed by atoms with van der Waals surface area (Å²) in [5.74, 6) is -3.51. The van der Waals surface area contributed by atoms with Gasteiger partial charge >= 0.3 is 5.97 Å². The lowest BCUT2D eigenvalue weighted by Crippen LogP contribution is -2.68. The highest BCUT2D eigenvalue weighted by Gasteiger charge is 2.60. The second-order valence-electron chi connectivity index (χ2n) is 26.3. The lowest BCUT2D eigenvalue weighted by Gasteiger charge is -2.50. The Morgan fingerprint density at radius 3 is 0.889 bits per heavy atom. The van der Waals surface area contributed by atoms with Gasteiger partial charge < -0.3 is 183 Å². The van der Waals surface area contributed by atoms with Gasteiger partial charge in [0.05, 0.1) is 46.2 Å². The molecular weight excluding hydrogens is 1340 g/mol. The first kappa shape index (κ1) is 77.9. The average molecular weight is 1440 g/mol. The highest BCUT2D eigenvalue weighted by Crippen LogP contribution is 2.40. The second kappa shape index (κ2) is 32.7. The van der Waals surface area contributed by atoms with Crippen LogP contribution in [0.25, 0.3) is 0 Å². The lowest BCUT2D eigenvalue weighted by molar-refractivity contribution is -0.396. The maximum atomic E-state index is 14.4. The van der Waals surface area contributed by atoms with E-state index in [0.717, 1.165) is 5.56 Å². The molecule has 1 aromatic carbocycles. The number of rotatable bonds is 12. The monoisotopic (exact) mass is 1430 g/mol. The van der Waals surface area contributed by atoms with E-state index in [0.29, 0.717) is 5.56 Å². The first-order chi connectivity index (χ1) is 47.0. The molecule has 1 aromatic rings. The Hall–Kier alpha value is -3.73. The van der Waals surface area contributed by atoms with Gasteiger partial charge in [-0.15, -0.1) is 0 Å². The number of nitrogens with zero attached hydrogens (tertiary/aromatic N) is 1. The van der Waals surface area contributed by atoms with E-state index >= 15 is 0 Å². The summed E-state index contributed by atoms with van der Waals surface area (Å²) in [4.78, 5) is 33.7.